The first kappa shape index (κ1) is 106. The van der Waals surface area contributed by atoms with E-state index in [4.69, 9.17) is 0 Å². The third-order valence-corrected chi connectivity index (χ3v) is 33.2. The lowest BCUT2D eigenvalue weighted by Crippen LogP contribution is -2.41. The molecule has 0 aromatic heterocycles. The van der Waals surface area contributed by atoms with Crippen LogP contribution < -0.4 is 0 Å². The Morgan fingerprint density at radius 2 is 0.361 bits per heavy atom. The molecule has 648 valence electrons. The summed E-state index contributed by atoms with van der Waals surface area (Å²) in [6, 6.07) is 0. The van der Waals surface area contributed by atoms with Crippen molar-refractivity contribution in [3.63, 3.8) is 0 Å². The average molecular weight is 1510 g/mol. The van der Waals surface area contributed by atoms with Crippen molar-refractivity contribution in [2.45, 2.75) is 480 Å². The molecular weight excluding hydrogens is 1300 g/mol. The summed E-state index contributed by atoms with van der Waals surface area (Å²) in [5, 5.41) is 0. The predicted molar refractivity (Wildman–Crippen MR) is 496 cm³/mol. The van der Waals surface area contributed by atoms with Gasteiger partial charge in [-0.1, -0.05) is 313 Å². The number of hydrogen-bond donors (Lipinski definition) is 0. The van der Waals surface area contributed by atoms with Gasteiger partial charge in [-0.25, -0.2) is 0 Å². The highest BCUT2D eigenvalue weighted by Gasteiger charge is 2.46. The Balaban J connectivity index is 0.000000629. The number of rotatable bonds is 12. The van der Waals surface area contributed by atoms with Gasteiger partial charge < -0.3 is 0 Å². The van der Waals surface area contributed by atoms with E-state index in [0.717, 1.165) is 213 Å². The normalized spacial score (nSPS) is 36.0. The molecular formula is C108H216. The fourth-order valence-electron chi connectivity index (χ4n) is 26.8. The van der Waals surface area contributed by atoms with E-state index in [1.807, 2.05) is 83.1 Å². The van der Waals surface area contributed by atoms with E-state index in [1.165, 1.54) is 173 Å². The Hall–Kier alpha value is 0. The first-order valence-electron chi connectivity index (χ1n) is 51.6. The van der Waals surface area contributed by atoms with Gasteiger partial charge in [0.15, 0.2) is 0 Å². The quantitative estimate of drug-likeness (QED) is 0.183. The van der Waals surface area contributed by atoms with Crippen LogP contribution in [0.1, 0.15) is 480 Å². The van der Waals surface area contributed by atoms with Crippen molar-refractivity contribution in [1.29, 1.82) is 0 Å². The standard InChI is InChI=1S/6C16H30.6C2H6/c1-11(2)13-5-7-16-10-14(12(3)4)6-8-15(16)9-13;1-11(2)14-7-5-13-6-8-15(12(3)4)10-16(13)9-14;1-11(2)13-7-5-10-16-14(12(3)4)8-6-9-15(13)16;1-11(2)14-9-5-7-13-8-6-10-15(12(3)4)16(13)14;1-11(2)13-8-9-16-14(10-13)6-5-7-15(16)12(3)4;1-11(2)14-9-8-13-6-5-7-15(12(3)4)16(13)10-14;6*1-2/h6*11-16H,5-10H2,1-4H3;6*1-2H3. The Labute approximate surface area is 689 Å². The second-order valence-electron chi connectivity index (χ2n) is 42.5. The first-order chi connectivity index (χ1) is 51.6. The maximum Gasteiger partial charge on any atom is -0.0324 e. The fourth-order valence-corrected chi connectivity index (χ4v) is 26.8. The molecule has 0 N–H and O–H groups in total. The molecule has 0 aromatic carbocycles. The highest BCUT2D eigenvalue weighted by Crippen LogP contribution is 2.56. The van der Waals surface area contributed by atoms with Crippen molar-refractivity contribution >= 4 is 0 Å². The van der Waals surface area contributed by atoms with E-state index in [1.54, 1.807) is 57.8 Å². The van der Waals surface area contributed by atoms with Gasteiger partial charge >= 0.3 is 0 Å². The Morgan fingerprint density at radius 1 is 0.139 bits per heavy atom. The van der Waals surface area contributed by atoms with Crippen LogP contribution in [0, 0.1) is 213 Å². The van der Waals surface area contributed by atoms with Crippen molar-refractivity contribution in [1.82, 2.24) is 0 Å². The molecule has 12 saturated carbocycles. The predicted octanol–water partition coefficient (Wildman–Crippen LogP) is 36.9. The van der Waals surface area contributed by atoms with Crippen molar-refractivity contribution in [3.8, 4) is 0 Å². The largest absolute Gasteiger partial charge is 0.0683 e. The van der Waals surface area contributed by atoms with Crippen LogP contribution >= 0.6 is 0 Å². The van der Waals surface area contributed by atoms with Crippen LogP contribution in [0.3, 0.4) is 0 Å². The lowest BCUT2D eigenvalue weighted by atomic mass is 9.56. The third kappa shape index (κ3) is 33.8. The van der Waals surface area contributed by atoms with Crippen LogP contribution in [0.4, 0.5) is 0 Å². The topological polar surface area (TPSA) is 0 Å². The molecule has 12 aliphatic rings. The van der Waals surface area contributed by atoms with Gasteiger partial charge in [-0.3, -0.25) is 0 Å². The minimum Gasteiger partial charge on any atom is -0.0683 e. The Kier molecular flexibility index (Phi) is 56.9. The van der Waals surface area contributed by atoms with E-state index >= 15 is 0 Å². The van der Waals surface area contributed by atoms with E-state index in [9.17, 15) is 0 Å². The fraction of sp³-hybridized carbons (Fsp3) is 1.00. The maximum atomic E-state index is 2.46. The summed E-state index contributed by atoms with van der Waals surface area (Å²) in [7, 11) is 0. The third-order valence-electron chi connectivity index (χ3n) is 33.2. The summed E-state index contributed by atoms with van der Waals surface area (Å²) in [5.41, 5.74) is 0. The van der Waals surface area contributed by atoms with Crippen LogP contribution in [-0.2, 0) is 0 Å². The average Bonchev–Trinajstić information content (AvgIpc) is 0.837. The lowest BCUT2D eigenvalue weighted by molar-refractivity contribution is 0.00528. The molecule has 20 atom stereocenters. The minimum atomic E-state index is 0.909. The molecule has 12 fully saturated rings. The second kappa shape index (κ2) is 58.0. The smallest absolute Gasteiger partial charge is 0.0324 e. The molecule has 0 aromatic rings. The highest BCUT2D eigenvalue weighted by molar-refractivity contribution is 4.96. The van der Waals surface area contributed by atoms with Crippen molar-refractivity contribution in [2.75, 3.05) is 0 Å². The monoisotopic (exact) mass is 1510 g/mol. The first-order valence-corrected chi connectivity index (χ1v) is 51.6. The van der Waals surface area contributed by atoms with Crippen LogP contribution in [0.5, 0.6) is 0 Å². The zero-order valence-electron chi connectivity index (χ0n) is 82.2. The van der Waals surface area contributed by atoms with E-state index in [0.29, 0.717) is 0 Å². The molecule has 0 spiro atoms. The molecule has 12 aliphatic carbocycles. The van der Waals surface area contributed by atoms with Crippen LogP contribution in [0.25, 0.3) is 0 Å². The Morgan fingerprint density at radius 3 is 0.676 bits per heavy atom. The van der Waals surface area contributed by atoms with Gasteiger partial charge in [0.25, 0.3) is 0 Å². The maximum absolute atomic E-state index is 2.46. The summed E-state index contributed by atoms with van der Waals surface area (Å²) in [6.07, 6.45) is 55.0. The highest BCUT2D eigenvalue weighted by atomic mass is 14.5. The molecule has 0 aliphatic heterocycles. The lowest BCUT2D eigenvalue weighted by Gasteiger charge is -2.49. The van der Waals surface area contributed by atoms with Gasteiger partial charge in [-0.15, -0.1) is 0 Å². The van der Waals surface area contributed by atoms with Gasteiger partial charge in [0.1, 0.15) is 0 Å². The summed E-state index contributed by atoms with van der Waals surface area (Å²) < 4.78 is 0. The van der Waals surface area contributed by atoms with Gasteiger partial charge in [-0.05, 0) is 380 Å². The summed E-state index contributed by atoms with van der Waals surface area (Å²) in [6.45, 7) is 82.5. The molecule has 0 bridgehead atoms. The zero-order chi connectivity index (χ0) is 82.2. The summed E-state index contributed by atoms with van der Waals surface area (Å²) >= 11 is 0. The molecule has 0 radical (unpaired) electrons. The van der Waals surface area contributed by atoms with E-state index < -0.39 is 0 Å². The molecule has 0 saturated heterocycles. The minimum absolute atomic E-state index is 0.909. The van der Waals surface area contributed by atoms with Gasteiger partial charge in [0, 0.05) is 0 Å². The molecule has 20 unspecified atom stereocenters. The van der Waals surface area contributed by atoms with Crippen molar-refractivity contribution < 1.29 is 0 Å². The SMILES string of the molecule is CC.CC.CC.CC.CC.CC.CC(C)C1CCC2C(CCCC2C(C)C)C1.CC(C)C1CCC2CC(C(C)C)CCC2C1.CC(C)C1CCC2CCC(C(C)C)CC2C1.CC(C)C1CCC2CCCC(C(C)C)C2C1.CC(C)C1CCCC2C(C(C)C)CCCC12.CC(C)C1CCCC2CCCC(C(C)C)C21. The van der Waals surface area contributed by atoms with Gasteiger partial charge in [0.05, 0.1) is 0 Å². The van der Waals surface area contributed by atoms with E-state index in [2.05, 4.69) is 166 Å². The molecule has 108 heavy (non-hydrogen) atoms. The Bertz CT molecular complexity index is 1910. The van der Waals surface area contributed by atoms with Crippen LogP contribution in [0.15, 0.2) is 0 Å². The molecule has 0 amide bonds. The second-order valence-corrected chi connectivity index (χ2v) is 42.5. The summed E-state index contributed by atoms with van der Waals surface area (Å²) in [4.78, 5) is 0. The van der Waals surface area contributed by atoms with Crippen LogP contribution in [-0.4, -0.2) is 0 Å². The molecule has 0 heteroatoms. The van der Waals surface area contributed by atoms with Gasteiger partial charge in [0.2, 0.25) is 0 Å². The molecule has 0 heterocycles. The molecule has 12 rings (SSSR count). The van der Waals surface area contributed by atoms with Gasteiger partial charge in [-0.2, -0.15) is 0 Å². The van der Waals surface area contributed by atoms with Crippen molar-refractivity contribution in [2.24, 2.45) is 213 Å². The number of fused-ring (bicyclic) bond motifs is 6. The zero-order valence-corrected chi connectivity index (χ0v) is 82.2. The molecule has 0 nitrogen and oxygen atoms in total. The van der Waals surface area contributed by atoms with Crippen molar-refractivity contribution in [3.05, 3.63) is 0 Å². The number of hydrogen-bond acceptors (Lipinski definition) is 0. The van der Waals surface area contributed by atoms with E-state index in [-0.39, 0.29) is 0 Å². The summed E-state index contributed by atoms with van der Waals surface area (Å²) in [5.74, 6) is 36.5. The van der Waals surface area contributed by atoms with Crippen LogP contribution in [0.2, 0.25) is 0 Å².